The second-order valence-electron chi connectivity index (χ2n) is 6.71. The largest absolute Gasteiger partial charge is 0.495 e. The molecule has 0 saturated carbocycles. The average Bonchev–Trinajstić information content (AvgIpc) is 3.20. The Balaban J connectivity index is 1.73. The number of methoxy groups -OCH3 is 1. The van der Waals surface area contributed by atoms with Crippen LogP contribution in [0.15, 0.2) is 40.1 Å². The van der Waals surface area contributed by atoms with E-state index in [0.29, 0.717) is 30.0 Å². The summed E-state index contributed by atoms with van der Waals surface area (Å²) >= 11 is 0. The van der Waals surface area contributed by atoms with Crippen LogP contribution in [-0.2, 0) is 20.6 Å². The number of rotatable bonds is 5. The summed E-state index contributed by atoms with van der Waals surface area (Å²) in [4.78, 5) is 29.4. The first-order valence-electron chi connectivity index (χ1n) is 8.95. The maximum absolute atomic E-state index is 12.6. The van der Waals surface area contributed by atoms with E-state index in [1.54, 1.807) is 18.6 Å². The quantitative estimate of drug-likeness (QED) is 0.559. The summed E-state index contributed by atoms with van der Waals surface area (Å²) in [6.45, 7) is 3.25. The minimum absolute atomic E-state index is 0.352. The van der Waals surface area contributed by atoms with Crippen LogP contribution in [0.2, 0.25) is 0 Å². The standard InChI is InChI=1S/C19H22N6O3/c1-12-11-25-15-16(22(2)19(27)23(3)17(15)26)21-18(25)24(12)10-9-20-13-7-5-6-8-14(13)28-4/h5-8,11,20H,9-10H2,1-4H3. The van der Waals surface area contributed by atoms with Crippen LogP contribution in [0, 0.1) is 6.92 Å². The molecule has 0 aliphatic heterocycles. The van der Waals surface area contributed by atoms with Crippen molar-refractivity contribution in [3.63, 3.8) is 0 Å². The van der Waals surface area contributed by atoms with Gasteiger partial charge in [0.1, 0.15) is 5.75 Å². The average molecular weight is 382 g/mol. The summed E-state index contributed by atoms with van der Waals surface area (Å²) in [7, 11) is 4.74. The van der Waals surface area contributed by atoms with Crippen molar-refractivity contribution in [3.8, 4) is 5.75 Å². The van der Waals surface area contributed by atoms with Gasteiger partial charge in [0.15, 0.2) is 11.2 Å². The Morgan fingerprint density at radius 3 is 2.64 bits per heavy atom. The van der Waals surface area contributed by atoms with Gasteiger partial charge in [-0.05, 0) is 19.1 Å². The zero-order chi connectivity index (χ0) is 20.0. The Kier molecular flexibility index (Phi) is 4.21. The number of nitrogens with one attached hydrogen (secondary N) is 1. The molecule has 4 rings (SSSR count). The number of para-hydroxylation sites is 2. The van der Waals surface area contributed by atoms with E-state index in [9.17, 15) is 9.59 Å². The van der Waals surface area contributed by atoms with Gasteiger partial charge in [0.25, 0.3) is 5.56 Å². The van der Waals surface area contributed by atoms with Crippen LogP contribution >= 0.6 is 0 Å². The van der Waals surface area contributed by atoms with Crippen LogP contribution in [0.25, 0.3) is 16.9 Å². The Hall–Kier alpha value is -3.49. The van der Waals surface area contributed by atoms with Crippen LogP contribution in [0.4, 0.5) is 5.69 Å². The molecule has 0 aliphatic carbocycles. The van der Waals surface area contributed by atoms with Gasteiger partial charge in [0.05, 0.1) is 12.8 Å². The molecule has 0 amide bonds. The first-order chi connectivity index (χ1) is 13.4. The van der Waals surface area contributed by atoms with Crippen molar-refractivity contribution >= 4 is 22.6 Å². The van der Waals surface area contributed by atoms with E-state index in [-0.39, 0.29) is 11.2 Å². The van der Waals surface area contributed by atoms with Crippen molar-refractivity contribution in [1.29, 1.82) is 0 Å². The smallest absolute Gasteiger partial charge is 0.332 e. The maximum atomic E-state index is 12.6. The Morgan fingerprint density at radius 1 is 1.14 bits per heavy atom. The molecule has 0 unspecified atom stereocenters. The number of hydrogen-bond acceptors (Lipinski definition) is 5. The lowest BCUT2D eigenvalue weighted by Crippen LogP contribution is -2.37. The molecule has 0 aliphatic rings. The molecule has 0 atom stereocenters. The number of anilines is 1. The molecule has 0 radical (unpaired) electrons. The van der Waals surface area contributed by atoms with Crippen LogP contribution in [-0.4, -0.2) is 36.7 Å². The van der Waals surface area contributed by atoms with Crippen molar-refractivity contribution < 1.29 is 4.74 Å². The molecular weight excluding hydrogens is 360 g/mol. The monoisotopic (exact) mass is 382 g/mol. The second-order valence-corrected chi connectivity index (χ2v) is 6.71. The highest BCUT2D eigenvalue weighted by atomic mass is 16.5. The fourth-order valence-corrected chi connectivity index (χ4v) is 3.50. The third-order valence-corrected chi connectivity index (χ3v) is 5.01. The van der Waals surface area contributed by atoms with Crippen molar-refractivity contribution in [1.82, 2.24) is 23.1 Å². The van der Waals surface area contributed by atoms with E-state index in [1.807, 2.05) is 42.0 Å². The lowest BCUT2D eigenvalue weighted by molar-refractivity contribution is 0.416. The van der Waals surface area contributed by atoms with E-state index in [0.717, 1.165) is 21.7 Å². The van der Waals surface area contributed by atoms with Gasteiger partial charge in [0.2, 0.25) is 5.78 Å². The third kappa shape index (κ3) is 2.58. The molecule has 146 valence electrons. The predicted molar refractivity (Wildman–Crippen MR) is 107 cm³/mol. The summed E-state index contributed by atoms with van der Waals surface area (Å²) in [5, 5.41) is 3.37. The summed E-state index contributed by atoms with van der Waals surface area (Å²) in [5.74, 6) is 1.41. The first-order valence-corrected chi connectivity index (χ1v) is 8.95. The summed E-state index contributed by atoms with van der Waals surface area (Å²) in [5.41, 5.74) is 1.93. The Morgan fingerprint density at radius 2 is 1.89 bits per heavy atom. The Labute approximate surface area is 160 Å². The molecule has 0 saturated heterocycles. The molecule has 0 spiro atoms. The minimum atomic E-state index is -0.389. The van der Waals surface area contributed by atoms with Crippen LogP contribution in [0.1, 0.15) is 5.69 Å². The molecule has 0 fully saturated rings. The summed E-state index contributed by atoms with van der Waals surface area (Å²) in [6, 6.07) is 7.73. The number of aryl methyl sites for hydroxylation is 2. The maximum Gasteiger partial charge on any atom is 0.332 e. The molecule has 4 aromatic rings. The highest BCUT2D eigenvalue weighted by Crippen LogP contribution is 2.23. The molecule has 3 heterocycles. The van der Waals surface area contributed by atoms with Gasteiger partial charge >= 0.3 is 5.69 Å². The van der Waals surface area contributed by atoms with Gasteiger partial charge in [0, 0.05) is 39.1 Å². The Bertz CT molecular complexity index is 1310. The fraction of sp³-hybridized carbons (Fsp3) is 0.316. The number of hydrogen-bond donors (Lipinski definition) is 1. The zero-order valence-corrected chi connectivity index (χ0v) is 16.3. The fourth-order valence-electron chi connectivity index (χ4n) is 3.50. The van der Waals surface area contributed by atoms with Crippen molar-refractivity contribution in [2.24, 2.45) is 14.1 Å². The molecule has 0 bridgehead atoms. The molecule has 28 heavy (non-hydrogen) atoms. The normalized spacial score (nSPS) is 11.4. The van der Waals surface area contributed by atoms with Crippen molar-refractivity contribution in [2.45, 2.75) is 13.5 Å². The molecule has 1 aromatic carbocycles. The lowest BCUT2D eigenvalue weighted by Gasteiger charge is -2.12. The molecular formula is C19H22N6O3. The number of nitrogens with zero attached hydrogens (tertiary/aromatic N) is 5. The van der Waals surface area contributed by atoms with Gasteiger partial charge in [-0.15, -0.1) is 0 Å². The van der Waals surface area contributed by atoms with E-state index in [1.165, 1.54) is 11.6 Å². The van der Waals surface area contributed by atoms with Crippen LogP contribution < -0.4 is 21.3 Å². The number of fused-ring (bicyclic) bond motifs is 3. The zero-order valence-electron chi connectivity index (χ0n) is 16.3. The number of ether oxygens (including phenoxy) is 1. The topological polar surface area (TPSA) is 87.5 Å². The minimum Gasteiger partial charge on any atom is -0.495 e. The number of imidazole rings is 2. The summed E-state index contributed by atoms with van der Waals surface area (Å²) < 4.78 is 11.6. The molecule has 3 aromatic heterocycles. The number of aromatic nitrogens is 5. The van der Waals surface area contributed by atoms with E-state index in [4.69, 9.17) is 4.74 Å². The first kappa shape index (κ1) is 17.9. The highest BCUT2D eigenvalue weighted by molar-refractivity contribution is 5.75. The van der Waals surface area contributed by atoms with Crippen molar-refractivity contribution in [2.75, 3.05) is 19.0 Å². The molecule has 9 nitrogen and oxygen atoms in total. The van der Waals surface area contributed by atoms with E-state index in [2.05, 4.69) is 10.3 Å². The van der Waals surface area contributed by atoms with Gasteiger partial charge in [-0.2, -0.15) is 4.98 Å². The van der Waals surface area contributed by atoms with Gasteiger partial charge < -0.3 is 14.6 Å². The van der Waals surface area contributed by atoms with Crippen molar-refractivity contribution in [3.05, 3.63) is 57.0 Å². The second kappa shape index (κ2) is 6.59. The van der Waals surface area contributed by atoms with E-state index < -0.39 is 0 Å². The van der Waals surface area contributed by atoms with Crippen LogP contribution in [0.5, 0.6) is 5.75 Å². The molecule has 9 heteroatoms. The van der Waals surface area contributed by atoms with Gasteiger partial charge in [-0.25, -0.2) is 4.79 Å². The third-order valence-electron chi connectivity index (χ3n) is 5.01. The SMILES string of the molecule is COc1ccccc1NCCn1c(C)cn2c3c(=O)n(C)c(=O)n(C)c3nc12. The highest BCUT2D eigenvalue weighted by Gasteiger charge is 2.18. The van der Waals surface area contributed by atoms with Gasteiger partial charge in [-0.1, -0.05) is 12.1 Å². The predicted octanol–water partition coefficient (Wildman–Crippen LogP) is 1.12. The lowest BCUT2D eigenvalue weighted by atomic mass is 10.3. The van der Waals surface area contributed by atoms with Crippen LogP contribution in [0.3, 0.4) is 0 Å². The van der Waals surface area contributed by atoms with E-state index >= 15 is 0 Å². The molecule has 1 N–H and O–H groups in total. The summed E-state index contributed by atoms with van der Waals surface area (Å²) in [6.07, 6.45) is 1.87. The van der Waals surface area contributed by atoms with Gasteiger partial charge in [-0.3, -0.25) is 18.3 Å². The number of benzene rings is 1.